The minimum absolute atomic E-state index is 0.937. The molecule has 0 aromatic heterocycles. The average Bonchev–Trinajstić information content (AvgIpc) is 2.58. The minimum Gasteiger partial charge on any atom is -0.496 e. The van der Waals surface area contributed by atoms with Crippen LogP contribution in [0.3, 0.4) is 0 Å². The van der Waals surface area contributed by atoms with Crippen molar-refractivity contribution in [2.75, 3.05) is 25.7 Å². The van der Waals surface area contributed by atoms with Gasteiger partial charge in [-0.05, 0) is 47.9 Å². The number of ether oxygens (including phenoxy) is 2. The van der Waals surface area contributed by atoms with Crippen LogP contribution in [0.1, 0.15) is 13.8 Å². The van der Waals surface area contributed by atoms with Gasteiger partial charge in [-0.2, -0.15) is 0 Å². The van der Waals surface area contributed by atoms with E-state index in [-0.39, 0.29) is 0 Å². The van der Waals surface area contributed by atoms with Crippen molar-refractivity contribution in [3.63, 3.8) is 0 Å². The third-order valence-corrected chi connectivity index (χ3v) is 5.96. The average molecular weight is 367 g/mol. The SMILES string of the molecule is CCSc1ccc(Sc2ccc(SCC)c(OC)c2)cc1OC. The van der Waals surface area contributed by atoms with E-state index in [9.17, 15) is 0 Å². The molecule has 2 nitrogen and oxygen atoms in total. The topological polar surface area (TPSA) is 18.5 Å². The van der Waals surface area contributed by atoms with E-state index >= 15 is 0 Å². The molecule has 124 valence electrons. The van der Waals surface area contributed by atoms with E-state index in [0.29, 0.717) is 0 Å². The summed E-state index contributed by atoms with van der Waals surface area (Å²) in [5.74, 6) is 3.95. The van der Waals surface area contributed by atoms with Crippen LogP contribution < -0.4 is 9.47 Å². The van der Waals surface area contributed by atoms with Crippen molar-refractivity contribution in [1.82, 2.24) is 0 Å². The van der Waals surface area contributed by atoms with Gasteiger partial charge >= 0.3 is 0 Å². The van der Waals surface area contributed by atoms with Gasteiger partial charge in [-0.25, -0.2) is 0 Å². The lowest BCUT2D eigenvalue weighted by atomic mass is 10.3. The molecule has 0 aliphatic heterocycles. The number of hydrogen-bond acceptors (Lipinski definition) is 5. The fourth-order valence-corrected chi connectivity index (χ4v) is 4.50. The number of benzene rings is 2. The molecular weight excluding hydrogens is 344 g/mol. The molecule has 2 aromatic rings. The second kappa shape index (κ2) is 9.40. The zero-order chi connectivity index (χ0) is 16.7. The van der Waals surface area contributed by atoms with Crippen LogP contribution in [0.2, 0.25) is 0 Å². The van der Waals surface area contributed by atoms with Crippen molar-refractivity contribution in [3.8, 4) is 11.5 Å². The highest BCUT2D eigenvalue weighted by Gasteiger charge is 2.08. The van der Waals surface area contributed by atoms with Crippen LogP contribution in [0.15, 0.2) is 56.0 Å². The molecule has 5 heteroatoms. The van der Waals surface area contributed by atoms with Crippen molar-refractivity contribution >= 4 is 35.3 Å². The molecule has 0 heterocycles. The first-order chi connectivity index (χ1) is 11.2. The first-order valence-corrected chi connectivity index (χ1v) is 10.3. The summed E-state index contributed by atoms with van der Waals surface area (Å²) in [4.78, 5) is 4.71. The maximum atomic E-state index is 5.51. The van der Waals surface area contributed by atoms with Crippen molar-refractivity contribution in [2.45, 2.75) is 33.4 Å². The van der Waals surface area contributed by atoms with Gasteiger partial charge in [0.05, 0.1) is 14.2 Å². The Balaban J connectivity index is 2.21. The predicted octanol–water partition coefficient (Wildman–Crippen LogP) is 6.08. The summed E-state index contributed by atoms with van der Waals surface area (Å²) in [5.41, 5.74) is 0. The predicted molar refractivity (Wildman–Crippen MR) is 103 cm³/mol. The molecule has 2 rings (SSSR count). The maximum Gasteiger partial charge on any atom is 0.133 e. The van der Waals surface area contributed by atoms with Gasteiger partial charge in [-0.3, -0.25) is 0 Å². The number of hydrogen-bond donors (Lipinski definition) is 0. The monoisotopic (exact) mass is 366 g/mol. The van der Waals surface area contributed by atoms with E-state index in [2.05, 4.69) is 50.2 Å². The van der Waals surface area contributed by atoms with Gasteiger partial charge < -0.3 is 9.47 Å². The summed E-state index contributed by atoms with van der Waals surface area (Å²) < 4.78 is 11.0. The van der Waals surface area contributed by atoms with Crippen molar-refractivity contribution < 1.29 is 9.47 Å². The zero-order valence-electron chi connectivity index (χ0n) is 13.9. The number of thioether (sulfide) groups is 2. The van der Waals surface area contributed by atoms with Crippen molar-refractivity contribution in [1.29, 1.82) is 0 Å². The summed E-state index contributed by atoms with van der Waals surface area (Å²) in [6.07, 6.45) is 0. The van der Waals surface area contributed by atoms with Crippen LogP contribution in [0, 0.1) is 0 Å². The second-order valence-corrected chi connectivity index (χ2v) is 8.35. The van der Waals surface area contributed by atoms with E-state index in [0.717, 1.165) is 23.0 Å². The Labute approximate surface area is 151 Å². The Morgan fingerprint density at radius 1 is 0.739 bits per heavy atom. The Morgan fingerprint density at radius 2 is 1.17 bits per heavy atom. The van der Waals surface area contributed by atoms with Gasteiger partial charge in [0, 0.05) is 19.6 Å². The van der Waals surface area contributed by atoms with Crippen molar-refractivity contribution in [2.24, 2.45) is 0 Å². The summed E-state index contributed by atoms with van der Waals surface area (Å²) in [7, 11) is 3.45. The molecular formula is C18H22O2S3. The molecule has 0 aliphatic rings. The molecule has 0 bridgehead atoms. The summed E-state index contributed by atoms with van der Waals surface area (Å²) in [5, 5.41) is 0. The first-order valence-electron chi connectivity index (χ1n) is 7.51. The third-order valence-electron chi connectivity index (χ3n) is 3.11. The van der Waals surface area contributed by atoms with Crippen LogP contribution in [-0.2, 0) is 0 Å². The fourth-order valence-electron chi connectivity index (χ4n) is 2.11. The summed E-state index contributed by atoms with van der Waals surface area (Å²) >= 11 is 5.32. The smallest absolute Gasteiger partial charge is 0.133 e. The van der Waals surface area contributed by atoms with Gasteiger partial charge in [-0.1, -0.05) is 25.6 Å². The van der Waals surface area contributed by atoms with E-state index in [1.54, 1.807) is 49.5 Å². The Hall–Kier alpha value is -0.910. The van der Waals surface area contributed by atoms with Crippen molar-refractivity contribution in [3.05, 3.63) is 36.4 Å². The van der Waals surface area contributed by atoms with E-state index in [1.165, 1.54) is 19.6 Å². The van der Waals surface area contributed by atoms with Crippen LogP contribution in [0.25, 0.3) is 0 Å². The normalized spacial score (nSPS) is 10.6. The van der Waals surface area contributed by atoms with Gasteiger partial charge in [-0.15, -0.1) is 23.5 Å². The molecule has 0 fully saturated rings. The summed E-state index contributed by atoms with van der Waals surface area (Å²) in [6, 6.07) is 12.8. The summed E-state index contributed by atoms with van der Waals surface area (Å²) in [6.45, 7) is 4.30. The van der Waals surface area contributed by atoms with E-state index in [1.807, 2.05) is 0 Å². The second-order valence-electron chi connectivity index (χ2n) is 4.59. The Bertz CT molecular complexity index is 589. The van der Waals surface area contributed by atoms with Gasteiger partial charge in [0.1, 0.15) is 11.5 Å². The number of rotatable bonds is 8. The third kappa shape index (κ3) is 5.03. The minimum atomic E-state index is 0.937. The highest BCUT2D eigenvalue weighted by Crippen LogP contribution is 2.38. The molecule has 0 saturated heterocycles. The molecule has 0 saturated carbocycles. The fraction of sp³-hybridized carbons (Fsp3) is 0.333. The van der Waals surface area contributed by atoms with Gasteiger partial charge in [0.15, 0.2) is 0 Å². The highest BCUT2D eigenvalue weighted by atomic mass is 32.2. The van der Waals surface area contributed by atoms with Crippen LogP contribution in [0.4, 0.5) is 0 Å². The van der Waals surface area contributed by atoms with Gasteiger partial charge in [0.25, 0.3) is 0 Å². The lowest BCUT2D eigenvalue weighted by molar-refractivity contribution is 0.403. The van der Waals surface area contributed by atoms with Crippen LogP contribution in [0.5, 0.6) is 11.5 Å². The Morgan fingerprint density at radius 3 is 1.52 bits per heavy atom. The first kappa shape index (κ1) is 18.4. The Kier molecular flexibility index (Phi) is 7.53. The highest BCUT2D eigenvalue weighted by molar-refractivity contribution is 8.00. The van der Waals surface area contributed by atoms with E-state index < -0.39 is 0 Å². The molecule has 0 amide bonds. The largest absolute Gasteiger partial charge is 0.496 e. The quantitative estimate of drug-likeness (QED) is 0.526. The molecule has 0 unspecified atom stereocenters. The lowest BCUT2D eigenvalue weighted by Crippen LogP contribution is -1.89. The number of methoxy groups -OCH3 is 2. The van der Waals surface area contributed by atoms with Crippen LogP contribution >= 0.6 is 35.3 Å². The molecule has 0 N–H and O–H groups in total. The van der Waals surface area contributed by atoms with Gasteiger partial charge in [0.2, 0.25) is 0 Å². The molecule has 23 heavy (non-hydrogen) atoms. The lowest BCUT2D eigenvalue weighted by Gasteiger charge is -2.11. The van der Waals surface area contributed by atoms with Crippen LogP contribution in [-0.4, -0.2) is 25.7 Å². The standard InChI is InChI=1S/C18H22O2S3/c1-5-21-17-9-7-13(11-15(17)19-3)23-14-8-10-18(22-6-2)16(12-14)20-4/h7-12H,5-6H2,1-4H3. The molecule has 0 spiro atoms. The molecule has 0 aliphatic carbocycles. The maximum absolute atomic E-state index is 5.51. The van der Waals surface area contributed by atoms with E-state index in [4.69, 9.17) is 9.47 Å². The zero-order valence-corrected chi connectivity index (χ0v) is 16.4. The molecule has 2 aromatic carbocycles. The molecule has 0 radical (unpaired) electrons. The molecule has 0 atom stereocenters.